The van der Waals surface area contributed by atoms with E-state index in [9.17, 15) is 9.59 Å². The van der Waals surface area contributed by atoms with Crippen LogP contribution in [0.2, 0.25) is 0 Å². The summed E-state index contributed by atoms with van der Waals surface area (Å²) in [5.41, 5.74) is 6.82. The normalized spacial score (nSPS) is 10.2. The van der Waals surface area contributed by atoms with Gasteiger partial charge in [-0.15, -0.1) is 0 Å². The van der Waals surface area contributed by atoms with Gasteiger partial charge in [0.1, 0.15) is 11.4 Å². The number of hydrogen-bond acceptors (Lipinski definition) is 4. The van der Waals surface area contributed by atoms with Crippen molar-refractivity contribution in [2.75, 3.05) is 6.61 Å². The van der Waals surface area contributed by atoms with Gasteiger partial charge in [0, 0.05) is 5.69 Å². The van der Waals surface area contributed by atoms with Crippen molar-refractivity contribution < 1.29 is 14.3 Å². The number of nitrogens with zero attached hydrogens (tertiary/aromatic N) is 2. The zero-order chi connectivity index (χ0) is 18.4. The Morgan fingerprint density at radius 3 is 2.65 bits per heavy atom. The first-order valence-electron chi connectivity index (χ1n) is 8.00. The van der Waals surface area contributed by atoms with E-state index in [0.29, 0.717) is 11.4 Å². The van der Waals surface area contributed by atoms with Crippen molar-refractivity contribution in [2.45, 2.75) is 6.92 Å². The van der Waals surface area contributed by atoms with Crippen LogP contribution in [0.4, 0.5) is 0 Å². The summed E-state index contributed by atoms with van der Waals surface area (Å²) in [6.07, 6.45) is 2.96. The minimum atomic E-state index is -0.477. The first-order chi connectivity index (χ1) is 12.6. The van der Waals surface area contributed by atoms with E-state index in [1.807, 2.05) is 55.5 Å². The quantitative estimate of drug-likeness (QED) is 0.690. The molecule has 1 aromatic heterocycles. The highest BCUT2D eigenvalue weighted by molar-refractivity contribution is 5.94. The topological polar surface area (TPSA) is 85.2 Å². The van der Waals surface area contributed by atoms with Crippen LogP contribution >= 0.6 is 0 Å². The van der Waals surface area contributed by atoms with Gasteiger partial charge in [-0.2, -0.15) is 0 Å². The standard InChI is InChI=1S/C19H18N4O3/c1-14-6-5-9-16(10-14)26-12-18(24)21-22-19(25)17-11-20-13-23(17)15-7-3-2-4-8-15/h2-11,13H,12H2,1H3,(H,21,24)(H,22,25). The van der Waals surface area contributed by atoms with Gasteiger partial charge in [-0.25, -0.2) is 4.98 Å². The molecule has 7 heteroatoms. The molecule has 0 aliphatic rings. The number of ether oxygens (including phenoxy) is 1. The molecular formula is C19H18N4O3. The van der Waals surface area contributed by atoms with Gasteiger partial charge in [0.25, 0.3) is 11.8 Å². The molecular weight excluding hydrogens is 332 g/mol. The second kappa shape index (κ2) is 7.98. The third kappa shape index (κ3) is 4.27. The van der Waals surface area contributed by atoms with Crippen LogP contribution < -0.4 is 15.6 Å². The van der Waals surface area contributed by atoms with Crippen LogP contribution in [0.25, 0.3) is 5.69 Å². The molecule has 0 saturated carbocycles. The van der Waals surface area contributed by atoms with Gasteiger partial charge in [0.2, 0.25) is 0 Å². The van der Waals surface area contributed by atoms with E-state index in [4.69, 9.17) is 4.74 Å². The molecule has 3 aromatic rings. The van der Waals surface area contributed by atoms with Gasteiger partial charge in [0.15, 0.2) is 6.61 Å². The van der Waals surface area contributed by atoms with Crippen LogP contribution in [0.15, 0.2) is 67.1 Å². The Hall–Kier alpha value is -3.61. The fraction of sp³-hybridized carbons (Fsp3) is 0.105. The van der Waals surface area contributed by atoms with E-state index >= 15 is 0 Å². The predicted molar refractivity (Wildman–Crippen MR) is 95.8 cm³/mol. The van der Waals surface area contributed by atoms with Crippen molar-refractivity contribution in [3.63, 3.8) is 0 Å². The number of amides is 2. The van der Waals surface area contributed by atoms with Gasteiger partial charge >= 0.3 is 0 Å². The van der Waals surface area contributed by atoms with Crippen molar-refractivity contribution in [3.05, 3.63) is 78.4 Å². The van der Waals surface area contributed by atoms with E-state index in [2.05, 4.69) is 15.8 Å². The zero-order valence-corrected chi connectivity index (χ0v) is 14.2. The number of hydrazine groups is 1. The molecule has 2 amide bonds. The Bertz CT molecular complexity index is 906. The molecule has 0 aliphatic carbocycles. The fourth-order valence-corrected chi connectivity index (χ4v) is 2.34. The Labute approximate surface area is 150 Å². The Kier molecular flexibility index (Phi) is 5.28. The average Bonchev–Trinajstić information content (AvgIpc) is 3.15. The lowest BCUT2D eigenvalue weighted by molar-refractivity contribution is -0.123. The van der Waals surface area contributed by atoms with Crippen LogP contribution in [0.5, 0.6) is 5.75 Å². The van der Waals surface area contributed by atoms with Crippen molar-refractivity contribution >= 4 is 11.8 Å². The second-order valence-corrected chi connectivity index (χ2v) is 5.59. The molecule has 2 aromatic carbocycles. The lowest BCUT2D eigenvalue weighted by Gasteiger charge is -2.10. The summed E-state index contributed by atoms with van der Waals surface area (Å²) in [7, 11) is 0. The number of aromatic nitrogens is 2. The Morgan fingerprint density at radius 1 is 1.08 bits per heavy atom. The van der Waals surface area contributed by atoms with Crippen molar-refractivity contribution in [1.29, 1.82) is 0 Å². The molecule has 0 radical (unpaired) electrons. The molecule has 3 rings (SSSR count). The Morgan fingerprint density at radius 2 is 1.88 bits per heavy atom. The van der Waals surface area contributed by atoms with E-state index < -0.39 is 11.8 Å². The zero-order valence-electron chi connectivity index (χ0n) is 14.2. The monoisotopic (exact) mass is 350 g/mol. The van der Waals surface area contributed by atoms with E-state index in [1.54, 1.807) is 10.6 Å². The first-order valence-corrected chi connectivity index (χ1v) is 8.00. The number of benzene rings is 2. The smallest absolute Gasteiger partial charge is 0.288 e. The molecule has 0 atom stereocenters. The number of carbonyl (C=O) groups excluding carboxylic acids is 2. The maximum absolute atomic E-state index is 12.3. The SMILES string of the molecule is Cc1cccc(OCC(=O)NNC(=O)c2cncn2-c2ccccc2)c1. The molecule has 0 fully saturated rings. The largest absolute Gasteiger partial charge is 0.484 e. The predicted octanol–water partition coefficient (Wildman–Crippen LogP) is 2.02. The second-order valence-electron chi connectivity index (χ2n) is 5.59. The lowest BCUT2D eigenvalue weighted by atomic mass is 10.2. The summed E-state index contributed by atoms with van der Waals surface area (Å²) in [6, 6.07) is 16.7. The number of imidazole rings is 1. The maximum atomic E-state index is 12.3. The van der Waals surface area contributed by atoms with E-state index in [0.717, 1.165) is 11.3 Å². The van der Waals surface area contributed by atoms with Crippen molar-refractivity contribution in [3.8, 4) is 11.4 Å². The third-order valence-electron chi connectivity index (χ3n) is 3.58. The first kappa shape index (κ1) is 17.2. The highest BCUT2D eigenvalue weighted by Crippen LogP contribution is 2.12. The molecule has 0 aliphatic heterocycles. The molecule has 0 saturated heterocycles. The van der Waals surface area contributed by atoms with Crippen LogP contribution in [0, 0.1) is 6.92 Å². The molecule has 2 N–H and O–H groups in total. The maximum Gasteiger partial charge on any atom is 0.288 e. The Balaban J connectivity index is 1.54. The highest BCUT2D eigenvalue weighted by Gasteiger charge is 2.14. The summed E-state index contributed by atoms with van der Waals surface area (Å²) in [5.74, 6) is -0.352. The molecule has 0 unspecified atom stereocenters. The van der Waals surface area contributed by atoms with Gasteiger partial charge in [0.05, 0.1) is 12.5 Å². The third-order valence-corrected chi connectivity index (χ3v) is 3.58. The number of nitrogens with one attached hydrogen (secondary N) is 2. The van der Waals surface area contributed by atoms with Gasteiger partial charge in [-0.05, 0) is 36.8 Å². The average molecular weight is 350 g/mol. The minimum absolute atomic E-state index is 0.207. The number of para-hydroxylation sites is 1. The fourth-order valence-electron chi connectivity index (χ4n) is 2.34. The number of aryl methyl sites for hydroxylation is 1. The van der Waals surface area contributed by atoms with Crippen LogP contribution in [-0.4, -0.2) is 28.0 Å². The summed E-state index contributed by atoms with van der Waals surface area (Å²) < 4.78 is 7.01. The minimum Gasteiger partial charge on any atom is -0.484 e. The molecule has 132 valence electrons. The number of hydrogen-bond donors (Lipinski definition) is 2. The van der Waals surface area contributed by atoms with Gasteiger partial charge < -0.3 is 4.74 Å². The van der Waals surface area contributed by atoms with Crippen molar-refractivity contribution in [2.24, 2.45) is 0 Å². The summed E-state index contributed by atoms with van der Waals surface area (Å²) in [4.78, 5) is 28.1. The summed E-state index contributed by atoms with van der Waals surface area (Å²) in [6.45, 7) is 1.73. The summed E-state index contributed by atoms with van der Waals surface area (Å²) >= 11 is 0. The molecule has 7 nitrogen and oxygen atoms in total. The van der Waals surface area contributed by atoms with E-state index in [1.165, 1.54) is 12.5 Å². The van der Waals surface area contributed by atoms with Gasteiger partial charge in [-0.3, -0.25) is 25.0 Å². The lowest BCUT2D eigenvalue weighted by Crippen LogP contribution is -2.44. The molecule has 0 spiro atoms. The van der Waals surface area contributed by atoms with E-state index in [-0.39, 0.29) is 6.61 Å². The number of rotatable bonds is 5. The van der Waals surface area contributed by atoms with Crippen LogP contribution in [0.3, 0.4) is 0 Å². The molecule has 26 heavy (non-hydrogen) atoms. The van der Waals surface area contributed by atoms with Crippen molar-refractivity contribution in [1.82, 2.24) is 20.4 Å². The molecule has 0 bridgehead atoms. The summed E-state index contributed by atoms with van der Waals surface area (Å²) in [5, 5.41) is 0. The highest BCUT2D eigenvalue weighted by atomic mass is 16.5. The van der Waals surface area contributed by atoms with Gasteiger partial charge in [-0.1, -0.05) is 30.3 Å². The van der Waals surface area contributed by atoms with Crippen LogP contribution in [0.1, 0.15) is 16.1 Å². The number of carbonyl (C=O) groups is 2. The van der Waals surface area contributed by atoms with Crippen LogP contribution in [-0.2, 0) is 4.79 Å². The molecule has 1 heterocycles.